The number of allylic oxidation sites excluding steroid dienone is 2. The van der Waals surface area contributed by atoms with Crippen LogP contribution in [0.15, 0.2) is 12.2 Å². The molecule has 0 aliphatic carbocycles. The fourth-order valence-electron chi connectivity index (χ4n) is 1.94. The van der Waals surface area contributed by atoms with E-state index in [-0.39, 0.29) is 0 Å². The van der Waals surface area contributed by atoms with Gasteiger partial charge in [0, 0.05) is 0 Å². The van der Waals surface area contributed by atoms with Gasteiger partial charge in [-0.2, -0.15) is 0 Å². The fourth-order valence-corrected chi connectivity index (χ4v) is 1.94. The lowest BCUT2D eigenvalue weighted by Gasteiger charge is -2.28. The molecule has 2 aliphatic rings. The van der Waals surface area contributed by atoms with Crippen LogP contribution in [0, 0.1) is 0 Å². The molecular formula is C8H12B. The molecule has 2 atom stereocenters. The molecule has 0 nitrogen and oxygen atoms in total. The summed E-state index contributed by atoms with van der Waals surface area (Å²) in [4.78, 5) is 0. The molecule has 0 saturated carbocycles. The maximum absolute atomic E-state index is 2.53. The summed E-state index contributed by atoms with van der Waals surface area (Å²) in [5.41, 5.74) is 0. The second-order valence-electron chi connectivity index (χ2n) is 3.21. The Morgan fingerprint density at radius 2 is 2.33 bits per heavy atom. The Kier molecular flexibility index (Phi) is 1.37. The van der Waals surface area contributed by atoms with Crippen LogP contribution in [0.2, 0.25) is 11.6 Å². The number of rotatable bonds is 0. The largest absolute Gasteiger partial charge is 0.123 e. The highest BCUT2D eigenvalue weighted by molar-refractivity contribution is 6.41. The zero-order chi connectivity index (χ0) is 6.10. The van der Waals surface area contributed by atoms with Crippen molar-refractivity contribution in [3.05, 3.63) is 12.2 Å². The van der Waals surface area contributed by atoms with Gasteiger partial charge in [0.25, 0.3) is 0 Å². The molecule has 1 heteroatoms. The Morgan fingerprint density at radius 3 is 3.11 bits per heavy atom. The van der Waals surface area contributed by atoms with Gasteiger partial charge in [0.2, 0.25) is 0 Å². The monoisotopic (exact) mass is 119 g/mol. The average Bonchev–Trinajstić information content (AvgIpc) is 1.88. The van der Waals surface area contributed by atoms with Crippen LogP contribution in [0.5, 0.6) is 0 Å². The summed E-state index contributed by atoms with van der Waals surface area (Å²) in [6.45, 7) is 0. The van der Waals surface area contributed by atoms with Gasteiger partial charge in [-0.25, -0.2) is 0 Å². The van der Waals surface area contributed by atoms with Gasteiger partial charge in [0.15, 0.2) is 0 Å². The summed E-state index contributed by atoms with van der Waals surface area (Å²) in [5, 5.41) is 0. The molecule has 2 unspecified atom stereocenters. The average molecular weight is 119 g/mol. The second kappa shape index (κ2) is 2.20. The molecule has 0 aromatic carbocycles. The van der Waals surface area contributed by atoms with E-state index in [1.165, 1.54) is 25.7 Å². The van der Waals surface area contributed by atoms with Gasteiger partial charge >= 0.3 is 0 Å². The summed E-state index contributed by atoms with van der Waals surface area (Å²) in [7, 11) is 2.53. The second-order valence-corrected chi connectivity index (χ2v) is 3.21. The maximum atomic E-state index is 2.53. The van der Waals surface area contributed by atoms with Crippen molar-refractivity contribution in [2.45, 2.75) is 37.3 Å². The Labute approximate surface area is 57.6 Å². The smallest absolute Gasteiger partial charge is 0.0933 e. The van der Waals surface area contributed by atoms with Gasteiger partial charge in [-0.3, -0.25) is 0 Å². The van der Waals surface area contributed by atoms with Crippen molar-refractivity contribution < 1.29 is 0 Å². The molecular weight excluding hydrogens is 107 g/mol. The van der Waals surface area contributed by atoms with E-state index in [4.69, 9.17) is 0 Å². The van der Waals surface area contributed by atoms with Crippen LogP contribution in [-0.4, -0.2) is 7.28 Å². The first kappa shape index (κ1) is 5.58. The van der Waals surface area contributed by atoms with E-state index in [1.54, 1.807) is 0 Å². The minimum Gasteiger partial charge on any atom is -0.0933 e. The SMILES string of the molecule is [B]1C2C=CCC1CCC2. The minimum atomic E-state index is 0.845. The fraction of sp³-hybridized carbons (Fsp3) is 0.750. The van der Waals surface area contributed by atoms with Gasteiger partial charge < -0.3 is 0 Å². The van der Waals surface area contributed by atoms with Crippen molar-refractivity contribution in [1.29, 1.82) is 0 Å². The third kappa shape index (κ3) is 1.05. The molecule has 1 saturated heterocycles. The first-order valence-corrected chi connectivity index (χ1v) is 3.97. The van der Waals surface area contributed by atoms with Crippen LogP contribution < -0.4 is 0 Å². The molecule has 0 spiro atoms. The van der Waals surface area contributed by atoms with Crippen LogP contribution in [-0.2, 0) is 0 Å². The first-order chi connectivity index (χ1) is 4.45. The molecule has 9 heavy (non-hydrogen) atoms. The predicted octanol–water partition coefficient (Wildman–Crippen LogP) is 2.41. The van der Waals surface area contributed by atoms with Crippen molar-refractivity contribution in [3.63, 3.8) is 0 Å². The zero-order valence-corrected chi connectivity index (χ0v) is 5.72. The highest BCUT2D eigenvalue weighted by Crippen LogP contribution is 2.36. The lowest BCUT2D eigenvalue weighted by molar-refractivity contribution is 0.586. The molecule has 0 aromatic heterocycles. The Hall–Kier alpha value is -0.195. The van der Waals surface area contributed by atoms with E-state index < -0.39 is 0 Å². The van der Waals surface area contributed by atoms with E-state index in [1.807, 2.05) is 0 Å². The van der Waals surface area contributed by atoms with Gasteiger partial charge in [0.1, 0.15) is 7.28 Å². The summed E-state index contributed by atoms with van der Waals surface area (Å²) >= 11 is 0. The first-order valence-electron chi connectivity index (χ1n) is 3.97. The van der Waals surface area contributed by atoms with E-state index in [0.29, 0.717) is 0 Å². The summed E-state index contributed by atoms with van der Waals surface area (Å²) < 4.78 is 0. The van der Waals surface area contributed by atoms with Gasteiger partial charge in [-0.15, -0.1) is 0 Å². The Bertz CT molecular complexity index is 129. The lowest BCUT2D eigenvalue weighted by atomic mass is 9.46. The number of hydrogen-bond donors (Lipinski definition) is 0. The summed E-state index contributed by atoms with van der Waals surface area (Å²) in [5.74, 6) is 1.78. The highest BCUT2D eigenvalue weighted by atomic mass is 14.1. The van der Waals surface area contributed by atoms with E-state index >= 15 is 0 Å². The zero-order valence-electron chi connectivity index (χ0n) is 5.72. The molecule has 47 valence electrons. The quantitative estimate of drug-likeness (QED) is 0.339. The Balaban J connectivity index is 2.09. The standard InChI is InChI=1S/C8H12B/c1-3-7-5-2-6-8(4-1)9-7/h1,3,7-8H,2,4-6H2. The van der Waals surface area contributed by atoms with Crippen LogP contribution in [0.4, 0.5) is 0 Å². The molecule has 2 aliphatic heterocycles. The molecule has 1 radical (unpaired) electrons. The number of hydrogen-bond acceptors (Lipinski definition) is 0. The van der Waals surface area contributed by atoms with E-state index in [9.17, 15) is 0 Å². The Morgan fingerprint density at radius 1 is 1.33 bits per heavy atom. The molecule has 2 bridgehead atoms. The van der Waals surface area contributed by atoms with E-state index in [2.05, 4.69) is 19.4 Å². The van der Waals surface area contributed by atoms with Crippen molar-refractivity contribution >= 4 is 7.28 Å². The van der Waals surface area contributed by atoms with Crippen LogP contribution in [0.3, 0.4) is 0 Å². The topological polar surface area (TPSA) is 0 Å². The number of fused-ring (bicyclic) bond motifs is 2. The highest BCUT2D eigenvalue weighted by Gasteiger charge is 2.23. The normalized spacial score (nSPS) is 40.0. The van der Waals surface area contributed by atoms with Crippen molar-refractivity contribution in [2.24, 2.45) is 0 Å². The summed E-state index contributed by atoms with van der Waals surface area (Å²) in [6, 6.07) is 0. The van der Waals surface area contributed by atoms with Crippen LogP contribution in [0.25, 0.3) is 0 Å². The molecule has 0 N–H and O–H groups in total. The van der Waals surface area contributed by atoms with Crippen molar-refractivity contribution in [1.82, 2.24) is 0 Å². The predicted molar refractivity (Wildman–Crippen MR) is 40.9 cm³/mol. The lowest BCUT2D eigenvalue weighted by Crippen LogP contribution is -2.17. The van der Waals surface area contributed by atoms with Crippen LogP contribution >= 0.6 is 0 Å². The molecule has 2 heterocycles. The minimum absolute atomic E-state index is 0.845. The molecule has 0 amide bonds. The van der Waals surface area contributed by atoms with Gasteiger partial charge in [0.05, 0.1) is 0 Å². The van der Waals surface area contributed by atoms with Gasteiger partial charge in [-0.05, 0) is 6.42 Å². The summed E-state index contributed by atoms with van der Waals surface area (Å²) in [6.07, 6.45) is 10.4. The van der Waals surface area contributed by atoms with E-state index in [0.717, 1.165) is 11.6 Å². The molecule has 0 aromatic rings. The van der Waals surface area contributed by atoms with Crippen LogP contribution in [0.1, 0.15) is 25.7 Å². The molecule has 1 fully saturated rings. The van der Waals surface area contributed by atoms with Crippen molar-refractivity contribution in [3.8, 4) is 0 Å². The van der Waals surface area contributed by atoms with Gasteiger partial charge in [-0.1, -0.05) is 43.0 Å². The van der Waals surface area contributed by atoms with Crippen molar-refractivity contribution in [2.75, 3.05) is 0 Å². The third-order valence-electron chi connectivity index (χ3n) is 2.45. The maximum Gasteiger partial charge on any atom is 0.123 e. The third-order valence-corrected chi connectivity index (χ3v) is 2.45. The molecule has 2 rings (SSSR count).